The Kier molecular flexibility index (Phi) is 7.16. The van der Waals surface area contributed by atoms with Gasteiger partial charge in [-0.3, -0.25) is 9.59 Å². The highest BCUT2D eigenvalue weighted by Crippen LogP contribution is 2.32. The molecule has 1 N–H and O–H groups in total. The largest absolute Gasteiger partial charge is 0.494 e. The summed E-state index contributed by atoms with van der Waals surface area (Å²) in [5, 5.41) is 2.51. The Bertz CT molecular complexity index is 835. The third-order valence-corrected chi connectivity index (χ3v) is 3.94. The number of carbonyl (C=O) groups is 2. The lowest BCUT2D eigenvalue weighted by Gasteiger charge is -2.09. The van der Waals surface area contributed by atoms with Crippen molar-refractivity contribution < 1.29 is 33.3 Å². The second-order valence-corrected chi connectivity index (χ2v) is 6.14. The lowest BCUT2D eigenvalue weighted by Crippen LogP contribution is -2.31. The van der Waals surface area contributed by atoms with E-state index in [1.807, 2.05) is 19.1 Å². The summed E-state index contributed by atoms with van der Waals surface area (Å²) in [4.78, 5) is 23.9. The summed E-state index contributed by atoms with van der Waals surface area (Å²) in [5.74, 6) is 1.57. The second-order valence-electron chi connectivity index (χ2n) is 6.14. The van der Waals surface area contributed by atoms with Gasteiger partial charge in [-0.25, -0.2) is 0 Å². The standard InChI is InChI=1S/C21H23NO7/c1-2-9-25-16-4-6-17(7-5-16)26-10-11-27-20(23)13-22-21(24)15-3-8-18-19(12-15)29-14-28-18/h3-8,12H,2,9-11,13-14H2,1H3,(H,22,24). The molecule has 8 nitrogen and oxygen atoms in total. The highest BCUT2D eigenvalue weighted by Gasteiger charge is 2.16. The van der Waals surface area contributed by atoms with E-state index < -0.39 is 11.9 Å². The Balaban J connectivity index is 1.32. The highest BCUT2D eigenvalue weighted by molar-refractivity contribution is 5.96. The Labute approximate surface area is 168 Å². The summed E-state index contributed by atoms with van der Waals surface area (Å²) >= 11 is 0. The number of hydrogen-bond acceptors (Lipinski definition) is 7. The zero-order valence-electron chi connectivity index (χ0n) is 16.1. The molecule has 2 aromatic carbocycles. The zero-order valence-corrected chi connectivity index (χ0v) is 16.1. The number of rotatable bonds is 10. The molecule has 29 heavy (non-hydrogen) atoms. The molecule has 0 aliphatic carbocycles. The SMILES string of the molecule is CCCOc1ccc(OCCOC(=O)CNC(=O)c2ccc3c(c2)OCO3)cc1. The molecule has 0 bridgehead atoms. The molecule has 1 heterocycles. The van der Waals surface area contributed by atoms with Gasteiger partial charge in [0.05, 0.1) is 6.61 Å². The monoisotopic (exact) mass is 401 g/mol. The number of carbonyl (C=O) groups excluding carboxylic acids is 2. The molecule has 0 atom stereocenters. The van der Waals surface area contributed by atoms with Gasteiger partial charge in [0.1, 0.15) is 31.3 Å². The summed E-state index contributed by atoms with van der Waals surface area (Å²) in [6.07, 6.45) is 0.945. The van der Waals surface area contributed by atoms with Gasteiger partial charge in [0, 0.05) is 5.56 Å². The van der Waals surface area contributed by atoms with Crippen molar-refractivity contribution in [1.29, 1.82) is 0 Å². The molecule has 1 aliphatic heterocycles. The average molecular weight is 401 g/mol. The fourth-order valence-electron chi connectivity index (χ4n) is 2.51. The number of esters is 1. The van der Waals surface area contributed by atoms with Crippen LogP contribution in [0.25, 0.3) is 0 Å². The van der Waals surface area contributed by atoms with E-state index in [9.17, 15) is 9.59 Å². The summed E-state index contributed by atoms with van der Waals surface area (Å²) < 4.78 is 26.5. The first-order valence-corrected chi connectivity index (χ1v) is 9.35. The number of benzene rings is 2. The molecule has 0 aromatic heterocycles. The van der Waals surface area contributed by atoms with E-state index in [2.05, 4.69) is 5.32 Å². The Hall–Kier alpha value is -3.42. The number of nitrogens with one attached hydrogen (secondary N) is 1. The molecule has 8 heteroatoms. The fourth-order valence-corrected chi connectivity index (χ4v) is 2.51. The molecule has 3 rings (SSSR count). The highest BCUT2D eigenvalue weighted by atomic mass is 16.7. The zero-order chi connectivity index (χ0) is 20.5. The minimum absolute atomic E-state index is 0.0762. The molecule has 2 aromatic rings. The van der Waals surface area contributed by atoms with E-state index >= 15 is 0 Å². The summed E-state index contributed by atoms with van der Waals surface area (Å²) in [6.45, 7) is 2.88. The minimum atomic E-state index is -0.550. The third-order valence-electron chi connectivity index (χ3n) is 3.94. The molecule has 1 amide bonds. The number of ether oxygens (including phenoxy) is 5. The summed E-state index contributed by atoms with van der Waals surface area (Å²) in [5.41, 5.74) is 0.372. The van der Waals surface area contributed by atoms with Gasteiger partial charge in [-0.15, -0.1) is 0 Å². The van der Waals surface area contributed by atoms with Crippen LogP contribution in [-0.4, -0.2) is 45.0 Å². The first-order chi connectivity index (χ1) is 14.2. The van der Waals surface area contributed by atoms with Gasteiger partial charge >= 0.3 is 5.97 Å². The first kappa shape index (κ1) is 20.3. The average Bonchev–Trinajstić information content (AvgIpc) is 3.22. The van der Waals surface area contributed by atoms with Crippen LogP contribution in [0, 0.1) is 0 Å². The maximum Gasteiger partial charge on any atom is 0.325 e. The Morgan fingerprint density at radius 3 is 2.34 bits per heavy atom. The predicted octanol–water partition coefficient (Wildman–Crippen LogP) is 2.56. The van der Waals surface area contributed by atoms with Crippen molar-refractivity contribution in [3.63, 3.8) is 0 Å². The van der Waals surface area contributed by atoms with Gasteiger partial charge in [0.25, 0.3) is 5.91 Å². The second kappa shape index (κ2) is 10.2. The molecule has 0 saturated carbocycles. The molecular weight excluding hydrogens is 378 g/mol. The fraction of sp³-hybridized carbons (Fsp3) is 0.333. The van der Waals surface area contributed by atoms with Crippen LogP contribution in [0.15, 0.2) is 42.5 Å². The summed E-state index contributed by atoms with van der Waals surface area (Å²) in [6, 6.07) is 12.0. The van der Waals surface area contributed by atoms with Crippen molar-refractivity contribution in [3.8, 4) is 23.0 Å². The lowest BCUT2D eigenvalue weighted by atomic mass is 10.2. The number of hydrogen-bond donors (Lipinski definition) is 1. The molecular formula is C21H23NO7. The molecule has 154 valence electrons. The van der Waals surface area contributed by atoms with Crippen molar-refractivity contribution in [1.82, 2.24) is 5.32 Å². The van der Waals surface area contributed by atoms with E-state index in [1.54, 1.807) is 30.3 Å². The van der Waals surface area contributed by atoms with Crippen LogP contribution in [0.3, 0.4) is 0 Å². The van der Waals surface area contributed by atoms with Crippen LogP contribution < -0.4 is 24.3 Å². The van der Waals surface area contributed by atoms with Crippen molar-refractivity contribution in [2.75, 3.05) is 33.2 Å². The van der Waals surface area contributed by atoms with Crippen molar-refractivity contribution in [2.45, 2.75) is 13.3 Å². The number of fused-ring (bicyclic) bond motifs is 1. The summed E-state index contributed by atoms with van der Waals surface area (Å²) in [7, 11) is 0. The maximum absolute atomic E-state index is 12.1. The quantitative estimate of drug-likeness (QED) is 0.483. The lowest BCUT2D eigenvalue weighted by molar-refractivity contribution is -0.143. The maximum atomic E-state index is 12.1. The van der Waals surface area contributed by atoms with Crippen LogP contribution in [0.2, 0.25) is 0 Å². The van der Waals surface area contributed by atoms with Gasteiger partial charge < -0.3 is 29.0 Å². The number of amides is 1. The van der Waals surface area contributed by atoms with E-state index in [-0.39, 0.29) is 26.6 Å². The van der Waals surface area contributed by atoms with Crippen molar-refractivity contribution >= 4 is 11.9 Å². The van der Waals surface area contributed by atoms with Gasteiger partial charge in [-0.2, -0.15) is 0 Å². The van der Waals surface area contributed by atoms with Crippen LogP contribution in [0.5, 0.6) is 23.0 Å². The topological polar surface area (TPSA) is 92.3 Å². The van der Waals surface area contributed by atoms with E-state index in [0.717, 1.165) is 12.2 Å². The normalized spacial score (nSPS) is 11.6. The smallest absolute Gasteiger partial charge is 0.325 e. The molecule has 0 fully saturated rings. The Morgan fingerprint density at radius 2 is 1.62 bits per heavy atom. The molecule has 0 saturated heterocycles. The van der Waals surface area contributed by atoms with Crippen LogP contribution in [0.1, 0.15) is 23.7 Å². The van der Waals surface area contributed by atoms with Gasteiger partial charge in [0.2, 0.25) is 6.79 Å². The van der Waals surface area contributed by atoms with Gasteiger partial charge in [0.15, 0.2) is 11.5 Å². The van der Waals surface area contributed by atoms with Gasteiger partial charge in [-0.1, -0.05) is 6.92 Å². The Morgan fingerprint density at radius 1 is 0.931 bits per heavy atom. The first-order valence-electron chi connectivity index (χ1n) is 9.35. The van der Waals surface area contributed by atoms with Gasteiger partial charge in [-0.05, 0) is 48.9 Å². The third kappa shape index (κ3) is 6.03. The van der Waals surface area contributed by atoms with Crippen molar-refractivity contribution in [3.05, 3.63) is 48.0 Å². The van der Waals surface area contributed by atoms with E-state index in [4.69, 9.17) is 23.7 Å². The van der Waals surface area contributed by atoms with Crippen LogP contribution >= 0.6 is 0 Å². The molecule has 0 unspecified atom stereocenters. The predicted molar refractivity (Wildman–Crippen MR) is 104 cm³/mol. The van der Waals surface area contributed by atoms with Crippen LogP contribution in [-0.2, 0) is 9.53 Å². The molecule has 0 radical (unpaired) electrons. The van der Waals surface area contributed by atoms with Crippen LogP contribution in [0.4, 0.5) is 0 Å². The minimum Gasteiger partial charge on any atom is -0.494 e. The molecule has 1 aliphatic rings. The van der Waals surface area contributed by atoms with E-state index in [1.165, 1.54) is 0 Å². The van der Waals surface area contributed by atoms with Crippen molar-refractivity contribution in [2.24, 2.45) is 0 Å². The molecule has 0 spiro atoms. The van der Waals surface area contributed by atoms with E-state index in [0.29, 0.717) is 29.4 Å².